The van der Waals surface area contributed by atoms with Gasteiger partial charge in [-0.2, -0.15) is 17.0 Å². The lowest BCUT2D eigenvalue weighted by atomic mass is 10.1. The maximum atomic E-state index is 13.2. The van der Waals surface area contributed by atoms with Gasteiger partial charge >= 0.3 is 5.97 Å². The molecule has 162 valence electrons. The van der Waals surface area contributed by atoms with E-state index in [0.717, 1.165) is 5.56 Å². The van der Waals surface area contributed by atoms with E-state index in [9.17, 15) is 13.2 Å². The highest BCUT2D eigenvalue weighted by Crippen LogP contribution is 2.27. The van der Waals surface area contributed by atoms with Crippen molar-refractivity contribution >= 4 is 16.2 Å². The standard InChI is InChI=1S/C21H26N2O6S/c1-27-19-7-4-6-16(12-19)14-22-10-5-11-23(30(22,25)26)15-18-13-17(21(24)29-3)8-9-20(18)28-2/h4,6-9,12-13H,5,10-11,14-15H2,1-3H3. The molecule has 0 saturated carbocycles. The second kappa shape index (κ2) is 9.46. The minimum absolute atomic E-state index is 0.102. The lowest BCUT2D eigenvalue weighted by molar-refractivity contribution is 0.0600. The van der Waals surface area contributed by atoms with E-state index in [-0.39, 0.29) is 13.1 Å². The Labute approximate surface area is 177 Å². The molecular formula is C21H26N2O6S. The fourth-order valence-electron chi connectivity index (χ4n) is 3.45. The van der Waals surface area contributed by atoms with Crippen LogP contribution in [0.5, 0.6) is 11.5 Å². The molecule has 0 N–H and O–H groups in total. The van der Waals surface area contributed by atoms with Crippen molar-refractivity contribution in [2.45, 2.75) is 19.5 Å². The second-order valence-corrected chi connectivity index (χ2v) is 8.83. The van der Waals surface area contributed by atoms with Crippen LogP contribution in [-0.4, -0.2) is 57.4 Å². The van der Waals surface area contributed by atoms with E-state index in [1.807, 2.05) is 24.3 Å². The maximum absolute atomic E-state index is 13.2. The number of hydrogen-bond acceptors (Lipinski definition) is 6. The van der Waals surface area contributed by atoms with Crippen LogP contribution >= 0.6 is 0 Å². The van der Waals surface area contributed by atoms with Crippen LogP contribution in [0.4, 0.5) is 0 Å². The van der Waals surface area contributed by atoms with Gasteiger partial charge in [0.15, 0.2) is 0 Å². The first-order chi connectivity index (χ1) is 14.4. The molecule has 1 heterocycles. The highest BCUT2D eigenvalue weighted by Gasteiger charge is 2.34. The van der Waals surface area contributed by atoms with Crippen LogP contribution < -0.4 is 9.47 Å². The normalized spacial score (nSPS) is 16.8. The van der Waals surface area contributed by atoms with Crippen LogP contribution in [0.2, 0.25) is 0 Å². The van der Waals surface area contributed by atoms with Crippen LogP contribution in [0.25, 0.3) is 0 Å². The number of methoxy groups -OCH3 is 3. The molecule has 0 bridgehead atoms. The summed E-state index contributed by atoms with van der Waals surface area (Å²) in [5, 5.41) is 0. The topological polar surface area (TPSA) is 85.4 Å². The van der Waals surface area contributed by atoms with Gasteiger partial charge in [0.05, 0.1) is 26.9 Å². The summed E-state index contributed by atoms with van der Waals surface area (Å²) in [6, 6.07) is 12.2. The Morgan fingerprint density at radius 2 is 1.70 bits per heavy atom. The zero-order chi connectivity index (χ0) is 21.7. The van der Waals surface area contributed by atoms with Gasteiger partial charge in [-0.3, -0.25) is 0 Å². The molecule has 0 aromatic heterocycles. The number of nitrogens with zero attached hydrogens (tertiary/aromatic N) is 2. The molecule has 1 aliphatic heterocycles. The minimum Gasteiger partial charge on any atom is -0.497 e. The SMILES string of the molecule is COC(=O)c1ccc(OC)c(CN2CCCN(Cc3cccc(OC)c3)S2(=O)=O)c1. The zero-order valence-electron chi connectivity index (χ0n) is 17.3. The first-order valence-corrected chi connectivity index (χ1v) is 10.9. The average Bonchev–Trinajstić information content (AvgIpc) is 2.76. The number of hydrogen-bond donors (Lipinski definition) is 0. The lowest BCUT2D eigenvalue weighted by Gasteiger charge is -2.35. The summed E-state index contributed by atoms with van der Waals surface area (Å²) in [6.07, 6.45) is 0.697. The molecule has 0 aliphatic carbocycles. The Hall–Kier alpha value is -2.62. The van der Waals surface area contributed by atoms with Gasteiger partial charge in [0.1, 0.15) is 11.5 Å². The van der Waals surface area contributed by atoms with Gasteiger partial charge in [-0.05, 0) is 42.3 Å². The van der Waals surface area contributed by atoms with Gasteiger partial charge in [0, 0.05) is 31.7 Å². The Bertz CT molecular complexity index is 1010. The molecule has 3 rings (SSSR count). The van der Waals surface area contributed by atoms with E-state index in [2.05, 4.69) is 0 Å². The molecule has 1 saturated heterocycles. The molecule has 8 nitrogen and oxygen atoms in total. The van der Waals surface area contributed by atoms with Crippen LogP contribution in [-0.2, 0) is 28.0 Å². The third kappa shape index (κ3) is 4.75. The molecule has 1 aliphatic rings. The van der Waals surface area contributed by atoms with Crippen molar-refractivity contribution in [3.05, 3.63) is 59.2 Å². The van der Waals surface area contributed by atoms with Gasteiger partial charge in [-0.25, -0.2) is 4.79 Å². The fraction of sp³-hybridized carbons (Fsp3) is 0.381. The maximum Gasteiger partial charge on any atom is 0.337 e. The van der Waals surface area contributed by atoms with E-state index in [4.69, 9.17) is 14.2 Å². The number of carbonyl (C=O) groups is 1. The number of esters is 1. The fourth-order valence-corrected chi connectivity index (χ4v) is 5.11. The molecule has 30 heavy (non-hydrogen) atoms. The number of carbonyl (C=O) groups excluding carboxylic acids is 1. The zero-order valence-corrected chi connectivity index (χ0v) is 18.1. The van der Waals surface area contributed by atoms with Crippen molar-refractivity contribution < 1.29 is 27.4 Å². The Morgan fingerprint density at radius 3 is 2.37 bits per heavy atom. The number of benzene rings is 2. The Morgan fingerprint density at radius 1 is 0.967 bits per heavy atom. The third-order valence-electron chi connectivity index (χ3n) is 5.01. The summed E-state index contributed by atoms with van der Waals surface area (Å²) < 4.78 is 44.7. The smallest absolute Gasteiger partial charge is 0.337 e. The molecular weight excluding hydrogens is 408 g/mol. The van der Waals surface area contributed by atoms with Crippen molar-refractivity contribution in [3.8, 4) is 11.5 Å². The predicted molar refractivity (Wildman–Crippen MR) is 112 cm³/mol. The van der Waals surface area contributed by atoms with E-state index in [0.29, 0.717) is 42.1 Å². The third-order valence-corrected chi connectivity index (χ3v) is 6.94. The van der Waals surface area contributed by atoms with Gasteiger partial charge < -0.3 is 14.2 Å². The summed E-state index contributed by atoms with van der Waals surface area (Å²) in [5.41, 5.74) is 1.80. The molecule has 1 fully saturated rings. The first kappa shape index (κ1) is 22.1. The predicted octanol–water partition coefficient (Wildman–Crippen LogP) is 2.44. The summed E-state index contributed by atoms with van der Waals surface area (Å²) >= 11 is 0. The quantitative estimate of drug-likeness (QED) is 0.623. The largest absolute Gasteiger partial charge is 0.497 e. The van der Waals surface area contributed by atoms with Crippen molar-refractivity contribution in [1.82, 2.24) is 8.61 Å². The van der Waals surface area contributed by atoms with E-state index >= 15 is 0 Å². The van der Waals surface area contributed by atoms with Crippen molar-refractivity contribution in [1.29, 1.82) is 0 Å². The van der Waals surface area contributed by atoms with Crippen molar-refractivity contribution in [3.63, 3.8) is 0 Å². The van der Waals surface area contributed by atoms with Gasteiger partial charge in [-0.1, -0.05) is 12.1 Å². The summed E-state index contributed by atoms with van der Waals surface area (Å²) in [6.45, 7) is 1.19. The van der Waals surface area contributed by atoms with E-state index in [1.165, 1.54) is 22.8 Å². The molecule has 2 aromatic carbocycles. The van der Waals surface area contributed by atoms with Crippen molar-refractivity contribution in [2.75, 3.05) is 34.4 Å². The van der Waals surface area contributed by atoms with Gasteiger partial charge in [-0.15, -0.1) is 0 Å². The summed E-state index contributed by atoms with van der Waals surface area (Å²) in [5.74, 6) is 0.714. The van der Waals surface area contributed by atoms with Gasteiger partial charge in [0.25, 0.3) is 10.2 Å². The highest BCUT2D eigenvalue weighted by molar-refractivity contribution is 7.86. The average molecular weight is 435 g/mol. The monoisotopic (exact) mass is 434 g/mol. The van der Waals surface area contributed by atoms with Crippen LogP contribution in [0.15, 0.2) is 42.5 Å². The van der Waals surface area contributed by atoms with Gasteiger partial charge in [0.2, 0.25) is 0 Å². The number of rotatable bonds is 7. The molecule has 0 unspecified atom stereocenters. The van der Waals surface area contributed by atoms with E-state index < -0.39 is 16.2 Å². The first-order valence-electron chi connectivity index (χ1n) is 9.52. The number of ether oxygens (including phenoxy) is 3. The summed E-state index contributed by atoms with van der Waals surface area (Å²) in [4.78, 5) is 11.9. The molecule has 9 heteroatoms. The minimum atomic E-state index is -3.69. The molecule has 0 radical (unpaired) electrons. The van der Waals surface area contributed by atoms with Crippen molar-refractivity contribution in [2.24, 2.45) is 0 Å². The van der Waals surface area contributed by atoms with Crippen LogP contribution in [0, 0.1) is 0 Å². The van der Waals surface area contributed by atoms with Crippen LogP contribution in [0.3, 0.4) is 0 Å². The molecule has 0 atom stereocenters. The lowest BCUT2D eigenvalue weighted by Crippen LogP contribution is -2.48. The Balaban J connectivity index is 1.84. The Kier molecular flexibility index (Phi) is 6.96. The van der Waals surface area contributed by atoms with Crippen LogP contribution in [0.1, 0.15) is 27.9 Å². The molecule has 0 amide bonds. The molecule has 0 spiro atoms. The van der Waals surface area contributed by atoms with E-state index in [1.54, 1.807) is 25.3 Å². The summed E-state index contributed by atoms with van der Waals surface area (Å²) in [7, 11) is 0.702. The highest BCUT2D eigenvalue weighted by atomic mass is 32.2. The molecule has 2 aromatic rings. The second-order valence-electron chi connectivity index (χ2n) is 6.90.